The number of carbonyl (C=O) groups excluding carboxylic acids is 1. The second-order valence-corrected chi connectivity index (χ2v) is 9.17. The molecule has 1 aromatic heterocycles. The Labute approximate surface area is 202 Å². The molecule has 0 saturated carbocycles. The number of fused-ring (bicyclic) bond motifs is 1. The third-order valence-corrected chi connectivity index (χ3v) is 6.82. The fourth-order valence-electron chi connectivity index (χ4n) is 4.92. The van der Waals surface area contributed by atoms with Crippen LogP contribution in [0.15, 0.2) is 82.0 Å². The van der Waals surface area contributed by atoms with Crippen molar-refractivity contribution in [2.75, 3.05) is 18.4 Å². The number of carbonyl (C=O) groups is 1. The van der Waals surface area contributed by atoms with E-state index in [2.05, 4.69) is 15.2 Å². The number of anilines is 1. The van der Waals surface area contributed by atoms with E-state index in [-0.39, 0.29) is 11.7 Å². The van der Waals surface area contributed by atoms with E-state index in [9.17, 15) is 14.0 Å². The van der Waals surface area contributed by atoms with Gasteiger partial charge in [-0.15, -0.1) is 0 Å². The van der Waals surface area contributed by atoms with Gasteiger partial charge in [0.25, 0.3) is 0 Å². The van der Waals surface area contributed by atoms with E-state index in [4.69, 9.17) is 4.42 Å². The van der Waals surface area contributed by atoms with Gasteiger partial charge in [0, 0.05) is 11.8 Å². The van der Waals surface area contributed by atoms with Gasteiger partial charge in [0.05, 0.1) is 5.52 Å². The van der Waals surface area contributed by atoms with Gasteiger partial charge in [-0.3, -0.25) is 14.7 Å². The first-order valence-corrected chi connectivity index (χ1v) is 12.0. The van der Waals surface area contributed by atoms with Crippen molar-refractivity contribution in [3.63, 3.8) is 0 Å². The lowest BCUT2D eigenvalue weighted by Gasteiger charge is -2.37. The molecule has 1 aliphatic rings. The zero-order valence-electron chi connectivity index (χ0n) is 19.4. The van der Waals surface area contributed by atoms with Gasteiger partial charge in [0.15, 0.2) is 5.58 Å². The topological polar surface area (TPSA) is 78.3 Å². The summed E-state index contributed by atoms with van der Waals surface area (Å²) in [7, 11) is 0. The molecule has 0 radical (unpaired) electrons. The Morgan fingerprint density at radius 2 is 1.80 bits per heavy atom. The molecule has 6 nitrogen and oxygen atoms in total. The molecule has 1 saturated heterocycles. The number of hydrogen-bond donors (Lipinski definition) is 2. The normalized spacial score (nSPS) is 15.8. The molecular formula is C28H28FN3O3. The van der Waals surface area contributed by atoms with Gasteiger partial charge in [-0.25, -0.2) is 9.18 Å². The van der Waals surface area contributed by atoms with Crippen molar-refractivity contribution in [1.29, 1.82) is 0 Å². The number of piperidine rings is 1. The Morgan fingerprint density at radius 1 is 1.06 bits per heavy atom. The summed E-state index contributed by atoms with van der Waals surface area (Å²) in [4.78, 5) is 29.8. The lowest BCUT2D eigenvalue weighted by atomic mass is 9.89. The van der Waals surface area contributed by atoms with E-state index in [0.717, 1.165) is 49.9 Å². The van der Waals surface area contributed by atoms with E-state index < -0.39 is 11.8 Å². The van der Waals surface area contributed by atoms with Crippen LogP contribution in [-0.2, 0) is 11.2 Å². The molecule has 2 N–H and O–H groups in total. The van der Waals surface area contributed by atoms with Crippen molar-refractivity contribution < 1.29 is 13.6 Å². The van der Waals surface area contributed by atoms with Crippen LogP contribution in [0.3, 0.4) is 0 Å². The number of rotatable bonds is 7. The molecular weight excluding hydrogens is 445 g/mol. The van der Waals surface area contributed by atoms with Crippen LogP contribution < -0.4 is 11.1 Å². The summed E-state index contributed by atoms with van der Waals surface area (Å²) in [5, 5.41) is 3.01. The van der Waals surface area contributed by atoms with E-state index in [1.165, 1.54) is 12.1 Å². The van der Waals surface area contributed by atoms with Crippen molar-refractivity contribution in [1.82, 2.24) is 9.88 Å². The number of H-pyrrole nitrogens is 1. The third-order valence-electron chi connectivity index (χ3n) is 6.82. The largest absolute Gasteiger partial charge is 0.417 e. The van der Waals surface area contributed by atoms with Crippen molar-refractivity contribution in [2.24, 2.45) is 5.92 Å². The van der Waals surface area contributed by atoms with Crippen molar-refractivity contribution in [3.05, 3.63) is 100 Å². The number of halogens is 1. The SMILES string of the molecule is O=C(Nc1ccc2[nH]c(=O)oc2c1)C(c1ccccc1)N1CCC(CCc2ccc(F)cc2)CC1. The molecule has 35 heavy (non-hydrogen) atoms. The summed E-state index contributed by atoms with van der Waals surface area (Å²) in [6.07, 6.45) is 4.02. The Kier molecular flexibility index (Phi) is 6.77. The van der Waals surface area contributed by atoms with E-state index in [1.807, 2.05) is 42.5 Å². The number of oxazole rings is 1. The summed E-state index contributed by atoms with van der Waals surface area (Å²) >= 11 is 0. The van der Waals surface area contributed by atoms with Crippen molar-refractivity contribution in [3.8, 4) is 0 Å². The number of aryl methyl sites for hydroxylation is 1. The molecule has 5 rings (SSSR count). The number of hydrogen-bond acceptors (Lipinski definition) is 4. The summed E-state index contributed by atoms with van der Waals surface area (Å²) in [6.45, 7) is 1.65. The molecule has 1 unspecified atom stereocenters. The zero-order valence-corrected chi connectivity index (χ0v) is 19.4. The molecule has 1 aliphatic heterocycles. The molecule has 2 heterocycles. The average molecular weight is 474 g/mol. The minimum atomic E-state index is -0.520. The van der Waals surface area contributed by atoms with Crippen LogP contribution in [-0.4, -0.2) is 28.9 Å². The number of aromatic nitrogens is 1. The minimum absolute atomic E-state index is 0.113. The zero-order chi connectivity index (χ0) is 24.2. The Morgan fingerprint density at radius 3 is 2.54 bits per heavy atom. The number of aromatic amines is 1. The molecule has 1 fully saturated rings. The van der Waals surface area contributed by atoms with Crippen molar-refractivity contribution >= 4 is 22.7 Å². The van der Waals surface area contributed by atoms with Gasteiger partial charge < -0.3 is 9.73 Å². The molecule has 0 aliphatic carbocycles. The molecule has 7 heteroatoms. The van der Waals surface area contributed by atoms with Crippen LogP contribution >= 0.6 is 0 Å². The number of benzene rings is 3. The summed E-state index contributed by atoms with van der Waals surface area (Å²) in [5.41, 5.74) is 3.69. The summed E-state index contributed by atoms with van der Waals surface area (Å²) in [5.74, 6) is -0.259. The van der Waals surface area contributed by atoms with Gasteiger partial charge in [0.1, 0.15) is 11.9 Å². The fraction of sp³-hybridized carbons (Fsp3) is 0.286. The van der Waals surface area contributed by atoms with Gasteiger partial charge in [-0.1, -0.05) is 42.5 Å². The highest BCUT2D eigenvalue weighted by Gasteiger charge is 2.31. The lowest BCUT2D eigenvalue weighted by Crippen LogP contribution is -2.42. The quantitative estimate of drug-likeness (QED) is 0.383. The fourth-order valence-corrected chi connectivity index (χ4v) is 4.92. The second-order valence-electron chi connectivity index (χ2n) is 9.17. The first-order valence-electron chi connectivity index (χ1n) is 12.0. The van der Waals surface area contributed by atoms with Crippen molar-refractivity contribution in [2.45, 2.75) is 31.7 Å². The molecule has 0 bridgehead atoms. The van der Waals surface area contributed by atoms with Crippen LogP contribution in [0.5, 0.6) is 0 Å². The maximum absolute atomic E-state index is 13.5. The highest BCUT2D eigenvalue weighted by molar-refractivity contribution is 5.96. The minimum Gasteiger partial charge on any atom is -0.408 e. The van der Waals surface area contributed by atoms with Crippen LogP contribution in [0.4, 0.5) is 10.1 Å². The van der Waals surface area contributed by atoms with E-state index in [0.29, 0.717) is 22.7 Å². The number of amides is 1. The van der Waals surface area contributed by atoms with E-state index >= 15 is 0 Å². The Balaban J connectivity index is 1.26. The predicted octanol–water partition coefficient (Wildman–Crippen LogP) is 5.28. The van der Waals surface area contributed by atoms with Gasteiger partial charge in [-0.2, -0.15) is 0 Å². The smallest absolute Gasteiger partial charge is 0.408 e. The van der Waals surface area contributed by atoms with Gasteiger partial charge >= 0.3 is 5.76 Å². The summed E-state index contributed by atoms with van der Waals surface area (Å²) < 4.78 is 18.3. The predicted molar refractivity (Wildman–Crippen MR) is 134 cm³/mol. The van der Waals surface area contributed by atoms with Crippen LogP contribution in [0.2, 0.25) is 0 Å². The van der Waals surface area contributed by atoms with E-state index in [1.54, 1.807) is 18.2 Å². The average Bonchev–Trinajstić information content (AvgIpc) is 3.24. The summed E-state index contributed by atoms with van der Waals surface area (Å²) in [6, 6.07) is 21.3. The first-order chi connectivity index (χ1) is 17.0. The molecule has 1 amide bonds. The molecule has 3 aromatic carbocycles. The van der Waals surface area contributed by atoms with Crippen LogP contribution in [0.25, 0.3) is 11.1 Å². The lowest BCUT2D eigenvalue weighted by molar-refractivity contribution is -0.122. The number of nitrogens with one attached hydrogen (secondary N) is 2. The number of likely N-dealkylation sites (tertiary alicyclic amines) is 1. The second kappa shape index (κ2) is 10.3. The maximum Gasteiger partial charge on any atom is 0.417 e. The molecule has 0 spiro atoms. The molecule has 180 valence electrons. The molecule has 1 atom stereocenters. The monoisotopic (exact) mass is 473 g/mol. The Hall–Kier alpha value is -3.71. The maximum atomic E-state index is 13.5. The van der Waals surface area contributed by atoms with Crippen LogP contribution in [0, 0.1) is 11.7 Å². The number of nitrogens with zero attached hydrogens (tertiary/aromatic N) is 1. The Bertz CT molecular complexity index is 1340. The third kappa shape index (κ3) is 5.52. The standard InChI is InChI=1S/C28H28FN3O3/c29-22-10-8-19(9-11-22)6-7-20-14-16-32(17-15-20)26(21-4-2-1-3-5-21)27(33)30-23-12-13-24-25(18-23)35-28(34)31-24/h1-5,8-13,18,20,26H,6-7,14-17H2,(H,30,33)(H,31,34). The molecule has 4 aromatic rings. The van der Waals surface area contributed by atoms with Gasteiger partial charge in [-0.05, 0) is 80.1 Å². The highest BCUT2D eigenvalue weighted by atomic mass is 19.1. The van der Waals surface area contributed by atoms with Gasteiger partial charge in [0.2, 0.25) is 5.91 Å². The van der Waals surface area contributed by atoms with Crippen LogP contribution in [0.1, 0.15) is 36.4 Å². The highest BCUT2D eigenvalue weighted by Crippen LogP contribution is 2.30. The first kappa shape index (κ1) is 23.1.